The van der Waals surface area contributed by atoms with Gasteiger partial charge in [-0.05, 0) is 31.4 Å². The van der Waals surface area contributed by atoms with Crippen molar-refractivity contribution in [1.29, 1.82) is 0 Å². The summed E-state index contributed by atoms with van der Waals surface area (Å²) < 4.78 is 5.67. The second kappa shape index (κ2) is 7.37. The molecule has 0 spiro atoms. The molecule has 120 valence electrons. The molecule has 6 heteroatoms. The number of rotatable bonds is 7. The Hall–Kier alpha value is -2.21. The second-order valence-corrected chi connectivity index (χ2v) is 6.44. The first kappa shape index (κ1) is 15.7. The second-order valence-electron chi connectivity index (χ2n) is 5.43. The van der Waals surface area contributed by atoms with Crippen LogP contribution in [0.4, 0.5) is 5.13 Å². The number of anilines is 1. The highest BCUT2D eigenvalue weighted by Gasteiger charge is 2.27. The molecule has 0 bridgehead atoms. The van der Waals surface area contributed by atoms with E-state index in [1.165, 1.54) is 30.3 Å². The van der Waals surface area contributed by atoms with Gasteiger partial charge in [0.15, 0.2) is 0 Å². The van der Waals surface area contributed by atoms with E-state index in [-0.39, 0.29) is 5.91 Å². The Labute approximate surface area is 139 Å². The predicted octanol–water partition coefficient (Wildman–Crippen LogP) is 3.86. The van der Waals surface area contributed by atoms with Gasteiger partial charge in [-0.1, -0.05) is 36.5 Å². The summed E-state index contributed by atoms with van der Waals surface area (Å²) in [5.74, 6) is 1.12. The summed E-state index contributed by atoms with van der Waals surface area (Å²) in [6.45, 7) is 2.72. The third-order valence-electron chi connectivity index (χ3n) is 3.39. The number of hydrogen-bond donors (Lipinski definition) is 1. The molecule has 1 aromatic heterocycles. The van der Waals surface area contributed by atoms with Crippen LogP contribution in [0.1, 0.15) is 42.7 Å². The van der Waals surface area contributed by atoms with Crippen LogP contribution in [0.15, 0.2) is 30.3 Å². The average Bonchev–Trinajstić information content (AvgIpc) is 3.32. The number of ether oxygens (including phenoxy) is 1. The fourth-order valence-corrected chi connectivity index (χ4v) is 2.97. The summed E-state index contributed by atoms with van der Waals surface area (Å²) in [7, 11) is 0. The molecule has 1 aliphatic rings. The first-order chi connectivity index (χ1) is 11.3. The van der Waals surface area contributed by atoms with Crippen LogP contribution in [0.3, 0.4) is 0 Å². The van der Waals surface area contributed by atoms with Gasteiger partial charge in [0.25, 0.3) is 0 Å². The Morgan fingerprint density at radius 3 is 3.00 bits per heavy atom. The molecule has 1 aliphatic carbocycles. The zero-order valence-corrected chi connectivity index (χ0v) is 13.8. The SMILES string of the molecule is CCCOc1ccccc1/C=C/C(=O)Nc1nnc(C2CC2)s1. The van der Waals surface area contributed by atoms with E-state index >= 15 is 0 Å². The van der Waals surface area contributed by atoms with Crippen LogP contribution in [-0.4, -0.2) is 22.7 Å². The predicted molar refractivity (Wildman–Crippen MR) is 91.8 cm³/mol. The lowest BCUT2D eigenvalue weighted by atomic mass is 10.2. The van der Waals surface area contributed by atoms with Crippen molar-refractivity contribution in [3.63, 3.8) is 0 Å². The summed E-state index contributed by atoms with van der Waals surface area (Å²) in [4.78, 5) is 12.0. The highest BCUT2D eigenvalue weighted by atomic mass is 32.1. The van der Waals surface area contributed by atoms with Gasteiger partial charge >= 0.3 is 0 Å². The molecule has 1 amide bonds. The van der Waals surface area contributed by atoms with E-state index in [0.717, 1.165) is 22.7 Å². The van der Waals surface area contributed by atoms with Gasteiger partial charge < -0.3 is 4.74 Å². The Morgan fingerprint density at radius 1 is 1.39 bits per heavy atom. The first-order valence-corrected chi connectivity index (χ1v) is 8.62. The number of hydrogen-bond acceptors (Lipinski definition) is 5. The van der Waals surface area contributed by atoms with E-state index in [4.69, 9.17) is 4.74 Å². The van der Waals surface area contributed by atoms with Crippen molar-refractivity contribution in [2.75, 3.05) is 11.9 Å². The number of para-hydroxylation sites is 1. The molecule has 0 atom stereocenters. The van der Waals surface area contributed by atoms with Crippen LogP contribution in [0.5, 0.6) is 5.75 Å². The lowest BCUT2D eigenvalue weighted by Gasteiger charge is -2.07. The van der Waals surface area contributed by atoms with Crippen LogP contribution < -0.4 is 10.1 Å². The number of nitrogens with one attached hydrogen (secondary N) is 1. The van der Waals surface area contributed by atoms with Gasteiger partial charge in [0.1, 0.15) is 10.8 Å². The molecular formula is C17H19N3O2S. The summed E-state index contributed by atoms with van der Waals surface area (Å²) in [5.41, 5.74) is 0.882. The minimum atomic E-state index is -0.214. The third kappa shape index (κ3) is 4.39. The number of benzene rings is 1. The minimum Gasteiger partial charge on any atom is -0.493 e. The van der Waals surface area contributed by atoms with Crippen molar-refractivity contribution in [2.45, 2.75) is 32.1 Å². The van der Waals surface area contributed by atoms with Gasteiger partial charge in [-0.2, -0.15) is 0 Å². The number of amides is 1. The van der Waals surface area contributed by atoms with E-state index < -0.39 is 0 Å². The molecule has 1 heterocycles. The van der Waals surface area contributed by atoms with Crippen molar-refractivity contribution in [3.05, 3.63) is 40.9 Å². The van der Waals surface area contributed by atoms with E-state index in [0.29, 0.717) is 17.7 Å². The Kier molecular flexibility index (Phi) is 5.02. The molecule has 0 saturated heterocycles. The maximum Gasteiger partial charge on any atom is 0.250 e. The van der Waals surface area contributed by atoms with Crippen molar-refractivity contribution in [1.82, 2.24) is 10.2 Å². The van der Waals surface area contributed by atoms with Gasteiger partial charge in [0.05, 0.1) is 6.61 Å². The molecule has 5 nitrogen and oxygen atoms in total. The molecule has 0 unspecified atom stereocenters. The molecule has 0 radical (unpaired) electrons. The number of carbonyl (C=O) groups excluding carboxylic acids is 1. The van der Waals surface area contributed by atoms with Crippen LogP contribution >= 0.6 is 11.3 Å². The highest BCUT2D eigenvalue weighted by molar-refractivity contribution is 7.15. The van der Waals surface area contributed by atoms with Crippen molar-refractivity contribution < 1.29 is 9.53 Å². The van der Waals surface area contributed by atoms with Crippen LogP contribution in [-0.2, 0) is 4.79 Å². The van der Waals surface area contributed by atoms with Gasteiger partial charge in [-0.15, -0.1) is 10.2 Å². The Bertz CT molecular complexity index is 707. The number of carbonyl (C=O) groups is 1. The highest BCUT2D eigenvalue weighted by Crippen LogP contribution is 2.42. The molecule has 1 fully saturated rings. The van der Waals surface area contributed by atoms with Gasteiger partial charge in [-0.25, -0.2) is 0 Å². The van der Waals surface area contributed by atoms with Crippen LogP contribution in [0, 0.1) is 0 Å². The van der Waals surface area contributed by atoms with Crippen molar-refractivity contribution in [3.8, 4) is 5.75 Å². The average molecular weight is 329 g/mol. The topological polar surface area (TPSA) is 64.1 Å². The lowest BCUT2D eigenvalue weighted by molar-refractivity contribution is -0.111. The van der Waals surface area contributed by atoms with Crippen LogP contribution in [0.2, 0.25) is 0 Å². The van der Waals surface area contributed by atoms with Gasteiger partial charge in [0.2, 0.25) is 11.0 Å². The molecular weight excluding hydrogens is 310 g/mol. The number of aromatic nitrogens is 2. The molecule has 1 N–H and O–H groups in total. The molecule has 23 heavy (non-hydrogen) atoms. The molecule has 2 aromatic rings. The summed E-state index contributed by atoms with van der Waals surface area (Å²) in [5, 5.41) is 12.4. The van der Waals surface area contributed by atoms with E-state index in [1.54, 1.807) is 6.08 Å². The monoisotopic (exact) mass is 329 g/mol. The molecule has 1 aromatic carbocycles. The minimum absolute atomic E-state index is 0.214. The lowest BCUT2D eigenvalue weighted by Crippen LogP contribution is -2.07. The third-order valence-corrected chi connectivity index (χ3v) is 4.39. The van der Waals surface area contributed by atoms with Crippen molar-refractivity contribution in [2.24, 2.45) is 0 Å². The Morgan fingerprint density at radius 2 is 2.22 bits per heavy atom. The quantitative estimate of drug-likeness (QED) is 0.784. The van der Waals surface area contributed by atoms with E-state index in [2.05, 4.69) is 22.4 Å². The zero-order valence-electron chi connectivity index (χ0n) is 13.0. The van der Waals surface area contributed by atoms with Crippen molar-refractivity contribution >= 4 is 28.5 Å². The first-order valence-electron chi connectivity index (χ1n) is 7.80. The largest absolute Gasteiger partial charge is 0.493 e. The van der Waals surface area contributed by atoms with E-state index in [9.17, 15) is 4.79 Å². The standard InChI is InChI=1S/C17H19N3O2S/c1-2-11-22-14-6-4-3-5-12(14)9-10-15(21)18-17-20-19-16(23-17)13-7-8-13/h3-6,9-10,13H,2,7-8,11H2,1H3,(H,18,20,21)/b10-9+. The summed E-state index contributed by atoms with van der Waals surface area (Å²) in [6, 6.07) is 7.66. The van der Waals surface area contributed by atoms with Gasteiger partial charge in [0, 0.05) is 17.6 Å². The van der Waals surface area contributed by atoms with Gasteiger partial charge in [-0.3, -0.25) is 10.1 Å². The smallest absolute Gasteiger partial charge is 0.250 e. The maximum atomic E-state index is 12.0. The molecule has 1 saturated carbocycles. The fourth-order valence-electron chi connectivity index (χ4n) is 2.05. The summed E-state index contributed by atoms with van der Waals surface area (Å²) in [6.07, 6.45) is 6.54. The fraction of sp³-hybridized carbons (Fsp3) is 0.353. The Balaban J connectivity index is 1.61. The summed E-state index contributed by atoms with van der Waals surface area (Å²) >= 11 is 1.45. The molecule has 3 rings (SSSR count). The zero-order chi connectivity index (χ0) is 16.1. The van der Waals surface area contributed by atoms with E-state index in [1.807, 2.05) is 24.3 Å². The number of nitrogens with zero attached hydrogens (tertiary/aromatic N) is 2. The normalized spacial score (nSPS) is 14.1. The maximum absolute atomic E-state index is 12.0. The molecule has 0 aliphatic heterocycles. The van der Waals surface area contributed by atoms with Crippen LogP contribution in [0.25, 0.3) is 6.08 Å².